The molecular formula is C15H32N2O2. The second kappa shape index (κ2) is 8.54. The highest BCUT2D eigenvalue weighted by Crippen LogP contribution is 2.25. The van der Waals surface area contributed by atoms with Crippen LogP contribution in [0.5, 0.6) is 0 Å². The van der Waals surface area contributed by atoms with Crippen LogP contribution in [-0.4, -0.2) is 43.7 Å². The minimum Gasteiger partial charge on any atom is -0.383 e. The first-order valence-corrected chi connectivity index (χ1v) is 7.26. The molecule has 19 heavy (non-hydrogen) atoms. The maximum atomic E-state index is 12.6. The molecule has 4 nitrogen and oxygen atoms in total. The molecule has 0 aliphatic heterocycles. The van der Waals surface area contributed by atoms with Crippen molar-refractivity contribution in [1.29, 1.82) is 0 Å². The van der Waals surface area contributed by atoms with E-state index < -0.39 is 0 Å². The highest BCUT2D eigenvalue weighted by Gasteiger charge is 2.29. The highest BCUT2D eigenvalue weighted by molar-refractivity contribution is 5.79. The summed E-state index contributed by atoms with van der Waals surface area (Å²) in [5.74, 6) is 0.0784. The standard InChI is InChI=1S/C15H32N2O2/c1-7-12(2)17(8-9-19-6)14(18)13(11-16)10-15(3,4)5/h12-13H,7-11,16H2,1-6H3. The van der Waals surface area contributed by atoms with Crippen molar-refractivity contribution in [3.05, 3.63) is 0 Å². The van der Waals surface area contributed by atoms with Gasteiger partial charge in [0.05, 0.1) is 12.5 Å². The van der Waals surface area contributed by atoms with E-state index in [2.05, 4.69) is 34.6 Å². The van der Waals surface area contributed by atoms with Gasteiger partial charge in [0.2, 0.25) is 5.91 Å². The Kier molecular flexibility index (Phi) is 8.26. The number of nitrogens with zero attached hydrogens (tertiary/aromatic N) is 1. The molecule has 0 saturated carbocycles. The second-order valence-corrected chi connectivity index (χ2v) is 6.48. The Morgan fingerprint density at radius 1 is 1.37 bits per heavy atom. The van der Waals surface area contributed by atoms with Gasteiger partial charge in [0.25, 0.3) is 0 Å². The minimum atomic E-state index is -0.0918. The molecule has 0 radical (unpaired) electrons. The smallest absolute Gasteiger partial charge is 0.227 e. The molecule has 0 spiro atoms. The predicted octanol–water partition coefficient (Wildman–Crippen LogP) is 2.27. The van der Waals surface area contributed by atoms with E-state index in [9.17, 15) is 4.79 Å². The van der Waals surface area contributed by atoms with E-state index in [1.54, 1.807) is 7.11 Å². The fraction of sp³-hybridized carbons (Fsp3) is 0.933. The molecule has 0 aromatic rings. The zero-order valence-electron chi connectivity index (χ0n) is 13.5. The number of carbonyl (C=O) groups is 1. The second-order valence-electron chi connectivity index (χ2n) is 6.48. The van der Waals surface area contributed by atoms with E-state index in [0.29, 0.717) is 19.7 Å². The van der Waals surface area contributed by atoms with Gasteiger partial charge in [-0.1, -0.05) is 27.7 Å². The van der Waals surface area contributed by atoms with E-state index in [1.807, 2.05) is 4.90 Å². The topological polar surface area (TPSA) is 55.6 Å². The SMILES string of the molecule is CCC(C)N(CCOC)C(=O)C(CN)CC(C)(C)C. The fourth-order valence-corrected chi connectivity index (χ4v) is 2.20. The average molecular weight is 272 g/mol. The van der Waals surface area contributed by atoms with Gasteiger partial charge >= 0.3 is 0 Å². The molecule has 0 bridgehead atoms. The van der Waals surface area contributed by atoms with Gasteiger partial charge in [0.15, 0.2) is 0 Å². The molecule has 2 atom stereocenters. The van der Waals surface area contributed by atoms with Crippen molar-refractivity contribution in [2.24, 2.45) is 17.1 Å². The van der Waals surface area contributed by atoms with Crippen molar-refractivity contribution >= 4 is 5.91 Å². The summed E-state index contributed by atoms with van der Waals surface area (Å²) in [6.07, 6.45) is 1.77. The van der Waals surface area contributed by atoms with Gasteiger partial charge in [-0.15, -0.1) is 0 Å². The molecule has 0 aliphatic carbocycles. The lowest BCUT2D eigenvalue weighted by atomic mass is 9.84. The van der Waals surface area contributed by atoms with Gasteiger partial charge in [-0.2, -0.15) is 0 Å². The molecule has 1 amide bonds. The van der Waals surface area contributed by atoms with Crippen molar-refractivity contribution in [2.75, 3.05) is 26.8 Å². The van der Waals surface area contributed by atoms with Crippen LogP contribution >= 0.6 is 0 Å². The Balaban J connectivity index is 4.82. The Labute approximate surface area is 118 Å². The van der Waals surface area contributed by atoms with Crippen LogP contribution in [0.4, 0.5) is 0 Å². The largest absolute Gasteiger partial charge is 0.383 e. The number of nitrogens with two attached hydrogens (primary N) is 1. The normalized spacial score (nSPS) is 15.1. The Morgan fingerprint density at radius 2 is 1.95 bits per heavy atom. The number of rotatable bonds is 8. The molecule has 4 heteroatoms. The van der Waals surface area contributed by atoms with Crippen molar-refractivity contribution in [1.82, 2.24) is 4.90 Å². The molecule has 0 aromatic carbocycles. The molecule has 0 fully saturated rings. The monoisotopic (exact) mass is 272 g/mol. The van der Waals surface area contributed by atoms with Crippen molar-refractivity contribution in [3.8, 4) is 0 Å². The molecular weight excluding hydrogens is 240 g/mol. The van der Waals surface area contributed by atoms with Crippen molar-refractivity contribution in [2.45, 2.75) is 53.5 Å². The molecule has 0 saturated heterocycles. The van der Waals surface area contributed by atoms with Crippen LogP contribution in [0.1, 0.15) is 47.5 Å². The van der Waals surface area contributed by atoms with Crippen LogP contribution in [0.2, 0.25) is 0 Å². The van der Waals surface area contributed by atoms with Crippen LogP contribution in [0.3, 0.4) is 0 Å². The lowest BCUT2D eigenvalue weighted by Gasteiger charge is -2.33. The molecule has 0 aromatic heterocycles. The summed E-state index contributed by atoms with van der Waals surface area (Å²) in [5, 5.41) is 0. The Morgan fingerprint density at radius 3 is 2.32 bits per heavy atom. The van der Waals surface area contributed by atoms with E-state index in [0.717, 1.165) is 12.8 Å². The summed E-state index contributed by atoms with van der Waals surface area (Å²) in [5.41, 5.74) is 5.92. The summed E-state index contributed by atoms with van der Waals surface area (Å²) in [6.45, 7) is 12.2. The highest BCUT2D eigenvalue weighted by atomic mass is 16.5. The van der Waals surface area contributed by atoms with Crippen LogP contribution in [-0.2, 0) is 9.53 Å². The third kappa shape index (κ3) is 6.92. The summed E-state index contributed by atoms with van der Waals surface area (Å²) in [6, 6.07) is 0.233. The summed E-state index contributed by atoms with van der Waals surface area (Å²) in [7, 11) is 1.66. The lowest BCUT2D eigenvalue weighted by molar-refractivity contribution is -0.139. The van der Waals surface area contributed by atoms with Crippen LogP contribution in [0.25, 0.3) is 0 Å². The fourth-order valence-electron chi connectivity index (χ4n) is 2.20. The van der Waals surface area contributed by atoms with Gasteiger partial charge in [-0.05, 0) is 25.2 Å². The zero-order valence-corrected chi connectivity index (χ0v) is 13.5. The number of carbonyl (C=O) groups excluding carboxylic acids is 1. The molecule has 2 N–H and O–H groups in total. The third-order valence-corrected chi connectivity index (χ3v) is 3.43. The molecule has 114 valence electrons. The molecule has 2 unspecified atom stereocenters. The van der Waals surface area contributed by atoms with E-state index >= 15 is 0 Å². The van der Waals surface area contributed by atoms with E-state index in [-0.39, 0.29) is 23.3 Å². The number of hydrogen-bond donors (Lipinski definition) is 1. The van der Waals surface area contributed by atoms with Crippen molar-refractivity contribution in [3.63, 3.8) is 0 Å². The van der Waals surface area contributed by atoms with E-state index in [1.165, 1.54) is 0 Å². The van der Waals surface area contributed by atoms with Crippen molar-refractivity contribution < 1.29 is 9.53 Å². The molecule has 0 heterocycles. The van der Waals surface area contributed by atoms with E-state index in [4.69, 9.17) is 10.5 Å². The van der Waals surface area contributed by atoms with Crippen LogP contribution in [0, 0.1) is 11.3 Å². The average Bonchev–Trinajstić information content (AvgIpc) is 2.34. The third-order valence-electron chi connectivity index (χ3n) is 3.43. The lowest BCUT2D eigenvalue weighted by Crippen LogP contribution is -2.46. The quantitative estimate of drug-likeness (QED) is 0.737. The first-order valence-electron chi connectivity index (χ1n) is 7.26. The maximum Gasteiger partial charge on any atom is 0.227 e. The first kappa shape index (κ1) is 18.4. The number of hydrogen-bond acceptors (Lipinski definition) is 3. The Hall–Kier alpha value is -0.610. The zero-order chi connectivity index (χ0) is 15.1. The van der Waals surface area contributed by atoms with Gasteiger partial charge < -0.3 is 15.4 Å². The summed E-state index contributed by atoms with van der Waals surface area (Å²) < 4.78 is 5.11. The number of amides is 1. The maximum absolute atomic E-state index is 12.6. The predicted molar refractivity (Wildman–Crippen MR) is 80.0 cm³/mol. The minimum absolute atomic E-state index is 0.0918. The number of methoxy groups -OCH3 is 1. The summed E-state index contributed by atoms with van der Waals surface area (Å²) >= 11 is 0. The van der Waals surface area contributed by atoms with Crippen LogP contribution < -0.4 is 5.73 Å². The Bertz CT molecular complexity index is 261. The van der Waals surface area contributed by atoms with Crippen LogP contribution in [0.15, 0.2) is 0 Å². The van der Waals surface area contributed by atoms with Gasteiger partial charge in [0, 0.05) is 26.2 Å². The van der Waals surface area contributed by atoms with Gasteiger partial charge in [-0.25, -0.2) is 0 Å². The molecule has 0 aliphatic rings. The number of ether oxygens (including phenoxy) is 1. The molecule has 0 rings (SSSR count). The van der Waals surface area contributed by atoms with Gasteiger partial charge in [-0.3, -0.25) is 4.79 Å². The first-order chi connectivity index (χ1) is 8.76. The summed E-state index contributed by atoms with van der Waals surface area (Å²) in [4.78, 5) is 14.6. The van der Waals surface area contributed by atoms with Gasteiger partial charge in [0.1, 0.15) is 0 Å².